The molecule has 1 atom stereocenters. The fourth-order valence-electron chi connectivity index (χ4n) is 2.28. The molecule has 82 valence electrons. The molecule has 1 unspecified atom stereocenters. The molecule has 0 saturated carbocycles. The molecule has 2 rings (SSSR count). The third kappa shape index (κ3) is 2.03. The Morgan fingerprint density at radius 2 is 2.20 bits per heavy atom. The molecule has 0 saturated heterocycles. The van der Waals surface area contributed by atoms with Gasteiger partial charge in [-0.2, -0.15) is 0 Å². The van der Waals surface area contributed by atoms with E-state index in [-0.39, 0.29) is 6.54 Å². The van der Waals surface area contributed by atoms with Crippen molar-refractivity contribution in [3.63, 3.8) is 0 Å². The van der Waals surface area contributed by atoms with Crippen molar-refractivity contribution in [3.05, 3.63) is 34.3 Å². The highest BCUT2D eigenvalue weighted by molar-refractivity contribution is 6.30. The van der Waals surface area contributed by atoms with Crippen molar-refractivity contribution in [3.8, 4) is 0 Å². The zero-order valence-electron chi connectivity index (χ0n) is 8.67. The summed E-state index contributed by atoms with van der Waals surface area (Å²) >= 11 is 5.96. The molecule has 0 aliphatic heterocycles. The van der Waals surface area contributed by atoms with Gasteiger partial charge in [-0.05, 0) is 48.9 Å². The van der Waals surface area contributed by atoms with Crippen molar-refractivity contribution in [1.29, 1.82) is 0 Å². The number of halogens is 1. The van der Waals surface area contributed by atoms with Crippen LogP contribution in [0.1, 0.15) is 30.4 Å². The maximum absolute atomic E-state index is 10.5. The number of rotatable bonds is 1. The van der Waals surface area contributed by atoms with Crippen molar-refractivity contribution >= 4 is 11.6 Å². The monoisotopic (exact) mass is 225 g/mol. The van der Waals surface area contributed by atoms with Crippen LogP contribution in [-0.2, 0) is 12.0 Å². The van der Waals surface area contributed by atoms with Gasteiger partial charge in [-0.1, -0.05) is 17.7 Å². The summed E-state index contributed by atoms with van der Waals surface area (Å²) in [5.41, 5.74) is 6.91. The van der Waals surface area contributed by atoms with Crippen LogP contribution in [0, 0.1) is 0 Å². The van der Waals surface area contributed by atoms with E-state index in [1.54, 1.807) is 0 Å². The second-order valence-corrected chi connectivity index (χ2v) is 4.68. The lowest BCUT2D eigenvalue weighted by molar-refractivity contribution is 0.0362. The average molecular weight is 226 g/mol. The van der Waals surface area contributed by atoms with E-state index in [2.05, 4.69) is 0 Å². The Morgan fingerprint density at radius 1 is 1.40 bits per heavy atom. The van der Waals surface area contributed by atoms with Gasteiger partial charge in [0.2, 0.25) is 0 Å². The van der Waals surface area contributed by atoms with Crippen molar-refractivity contribution in [2.75, 3.05) is 6.54 Å². The summed E-state index contributed by atoms with van der Waals surface area (Å²) in [5.74, 6) is 0. The lowest BCUT2D eigenvalue weighted by Gasteiger charge is -2.27. The first-order valence-corrected chi connectivity index (χ1v) is 5.75. The maximum atomic E-state index is 10.5. The SMILES string of the molecule is NCC1(O)CCCCc2ccc(Cl)cc21. The summed E-state index contributed by atoms with van der Waals surface area (Å²) < 4.78 is 0. The van der Waals surface area contributed by atoms with Crippen molar-refractivity contribution in [1.82, 2.24) is 0 Å². The minimum Gasteiger partial charge on any atom is -0.384 e. The minimum atomic E-state index is -0.878. The molecule has 1 aromatic carbocycles. The van der Waals surface area contributed by atoms with Crippen LogP contribution in [-0.4, -0.2) is 11.7 Å². The first-order chi connectivity index (χ1) is 7.15. The Labute approximate surface area is 95.1 Å². The predicted molar refractivity (Wildman–Crippen MR) is 62.0 cm³/mol. The van der Waals surface area contributed by atoms with Crippen molar-refractivity contribution < 1.29 is 5.11 Å². The van der Waals surface area contributed by atoms with Crippen molar-refractivity contribution in [2.45, 2.75) is 31.3 Å². The molecule has 1 aliphatic rings. The fourth-order valence-corrected chi connectivity index (χ4v) is 2.45. The number of aryl methyl sites for hydroxylation is 1. The van der Waals surface area contributed by atoms with Crippen LogP contribution in [0.25, 0.3) is 0 Å². The van der Waals surface area contributed by atoms with Crippen LogP contribution in [0.2, 0.25) is 5.02 Å². The topological polar surface area (TPSA) is 46.2 Å². The molecule has 0 heterocycles. The van der Waals surface area contributed by atoms with Crippen LogP contribution < -0.4 is 5.73 Å². The van der Waals surface area contributed by atoms with E-state index in [9.17, 15) is 5.11 Å². The number of nitrogens with two attached hydrogens (primary N) is 1. The molecule has 0 aromatic heterocycles. The number of fused-ring (bicyclic) bond motifs is 1. The molecule has 0 spiro atoms. The van der Waals surface area contributed by atoms with Crippen LogP contribution in [0.3, 0.4) is 0 Å². The molecule has 0 fully saturated rings. The zero-order valence-corrected chi connectivity index (χ0v) is 9.43. The van der Waals surface area contributed by atoms with E-state index >= 15 is 0 Å². The molecular weight excluding hydrogens is 210 g/mol. The van der Waals surface area contributed by atoms with Gasteiger partial charge >= 0.3 is 0 Å². The smallest absolute Gasteiger partial charge is 0.102 e. The van der Waals surface area contributed by atoms with Gasteiger partial charge in [-0.3, -0.25) is 0 Å². The van der Waals surface area contributed by atoms with E-state index in [1.807, 2.05) is 18.2 Å². The Balaban J connectivity index is 2.52. The lowest BCUT2D eigenvalue weighted by Crippen LogP contribution is -2.35. The van der Waals surface area contributed by atoms with Gasteiger partial charge in [0.05, 0.1) is 0 Å². The van der Waals surface area contributed by atoms with Gasteiger partial charge in [-0.25, -0.2) is 0 Å². The molecule has 2 nitrogen and oxygen atoms in total. The Hall–Kier alpha value is -0.570. The van der Waals surface area contributed by atoms with Crippen molar-refractivity contribution in [2.24, 2.45) is 5.73 Å². The normalized spacial score (nSPS) is 25.8. The number of benzene rings is 1. The summed E-state index contributed by atoms with van der Waals surface area (Å²) in [7, 11) is 0. The first-order valence-electron chi connectivity index (χ1n) is 5.37. The maximum Gasteiger partial charge on any atom is 0.102 e. The van der Waals surface area contributed by atoms with Crippen LogP contribution >= 0.6 is 11.6 Å². The quantitative estimate of drug-likeness (QED) is 0.720. The third-order valence-electron chi connectivity index (χ3n) is 3.20. The van der Waals surface area contributed by atoms with E-state index in [4.69, 9.17) is 17.3 Å². The molecule has 0 bridgehead atoms. The number of aliphatic hydroxyl groups is 1. The average Bonchev–Trinajstić information content (AvgIpc) is 2.40. The van der Waals surface area contributed by atoms with Gasteiger partial charge in [-0.15, -0.1) is 0 Å². The Morgan fingerprint density at radius 3 is 2.93 bits per heavy atom. The summed E-state index contributed by atoms with van der Waals surface area (Å²) in [5, 5.41) is 11.1. The van der Waals surface area contributed by atoms with Gasteiger partial charge in [0, 0.05) is 11.6 Å². The molecule has 0 radical (unpaired) electrons. The molecule has 1 aromatic rings. The lowest BCUT2D eigenvalue weighted by atomic mass is 9.88. The van der Waals surface area contributed by atoms with Gasteiger partial charge in [0.1, 0.15) is 5.60 Å². The molecule has 1 aliphatic carbocycles. The highest BCUT2D eigenvalue weighted by atomic mass is 35.5. The molecule has 3 heteroatoms. The van der Waals surface area contributed by atoms with E-state index in [0.717, 1.165) is 31.2 Å². The predicted octanol–water partition coefficient (Wildman–Crippen LogP) is 2.21. The summed E-state index contributed by atoms with van der Waals surface area (Å²) in [6.45, 7) is 0.264. The number of hydrogen-bond donors (Lipinski definition) is 2. The highest BCUT2D eigenvalue weighted by Crippen LogP contribution is 2.34. The molecule has 0 amide bonds. The fraction of sp³-hybridized carbons (Fsp3) is 0.500. The van der Waals surface area contributed by atoms with Crippen LogP contribution in [0.5, 0.6) is 0 Å². The summed E-state index contributed by atoms with van der Waals surface area (Å²) in [6.07, 6.45) is 3.86. The van der Waals surface area contributed by atoms with Gasteiger partial charge in [0.25, 0.3) is 0 Å². The van der Waals surface area contributed by atoms with Crippen LogP contribution in [0.4, 0.5) is 0 Å². The summed E-state index contributed by atoms with van der Waals surface area (Å²) in [4.78, 5) is 0. The highest BCUT2D eigenvalue weighted by Gasteiger charge is 2.31. The standard InChI is InChI=1S/C12H16ClNO/c13-10-5-4-9-3-1-2-6-12(15,8-14)11(9)7-10/h4-5,7,15H,1-3,6,8,14H2. The molecular formula is C12H16ClNO. The zero-order chi connectivity index (χ0) is 10.9. The van der Waals surface area contributed by atoms with E-state index in [1.165, 1.54) is 5.56 Å². The third-order valence-corrected chi connectivity index (χ3v) is 3.43. The summed E-state index contributed by atoms with van der Waals surface area (Å²) in [6, 6.07) is 5.74. The molecule has 15 heavy (non-hydrogen) atoms. The van der Waals surface area contributed by atoms with E-state index in [0.29, 0.717) is 5.02 Å². The Kier molecular flexibility index (Phi) is 3.01. The van der Waals surface area contributed by atoms with Crippen LogP contribution in [0.15, 0.2) is 18.2 Å². The van der Waals surface area contributed by atoms with Gasteiger partial charge < -0.3 is 10.8 Å². The largest absolute Gasteiger partial charge is 0.384 e. The van der Waals surface area contributed by atoms with Gasteiger partial charge in [0.15, 0.2) is 0 Å². The second kappa shape index (κ2) is 4.12. The molecule has 3 N–H and O–H groups in total. The minimum absolute atomic E-state index is 0.264. The Bertz CT molecular complexity index is 367. The first kappa shape index (κ1) is 10.9. The number of hydrogen-bond acceptors (Lipinski definition) is 2. The second-order valence-electron chi connectivity index (χ2n) is 4.24. The van der Waals surface area contributed by atoms with E-state index < -0.39 is 5.60 Å².